The number of para-hydroxylation sites is 2. The van der Waals surface area contributed by atoms with Crippen molar-refractivity contribution in [2.75, 3.05) is 6.54 Å². The third kappa shape index (κ3) is 3.82. The summed E-state index contributed by atoms with van der Waals surface area (Å²) >= 11 is 1.68. The summed E-state index contributed by atoms with van der Waals surface area (Å²) in [5.74, 6) is 0.0138. The molecule has 0 bridgehead atoms. The summed E-state index contributed by atoms with van der Waals surface area (Å²) in [6.45, 7) is 4.55. The number of carbonyl (C=O) groups is 1. The van der Waals surface area contributed by atoms with E-state index in [2.05, 4.69) is 21.5 Å². The zero-order chi connectivity index (χ0) is 19.5. The van der Waals surface area contributed by atoms with Crippen LogP contribution in [0.15, 0.2) is 54.6 Å². The fourth-order valence-electron chi connectivity index (χ4n) is 3.31. The number of hydrogen-bond donors (Lipinski definition) is 1. The second kappa shape index (κ2) is 7.94. The van der Waals surface area contributed by atoms with Crippen LogP contribution in [-0.2, 0) is 17.6 Å². The number of amides is 1. The van der Waals surface area contributed by atoms with Gasteiger partial charge in [-0.05, 0) is 38.1 Å². The summed E-state index contributed by atoms with van der Waals surface area (Å²) in [5.41, 5.74) is 4.91. The van der Waals surface area contributed by atoms with Gasteiger partial charge >= 0.3 is 0 Å². The molecule has 0 aliphatic rings. The van der Waals surface area contributed by atoms with Crippen LogP contribution in [0.4, 0.5) is 0 Å². The molecule has 1 amide bonds. The van der Waals surface area contributed by atoms with Crippen LogP contribution in [0.25, 0.3) is 15.9 Å². The molecule has 4 rings (SSSR count). The van der Waals surface area contributed by atoms with Gasteiger partial charge in [0.15, 0.2) is 0 Å². The van der Waals surface area contributed by atoms with Crippen LogP contribution in [0.1, 0.15) is 22.0 Å². The molecule has 2 heterocycles. The maximum atomic E-state index is 12.5. The highest BCUT2D eigenvalue weighted by Gasteiger charge is 2.16. The molecule has 0 fully saturated rings. The van der Waals surface area contributed by atoms with Gasteiger partial charge in [0, 0.05) is 24.2 Å². The summed E-state index contributed by atoms with van der Waals surface area (Å²) in [5, 5.41) is 8.68. The standard InChI is InChI=1S/C22H22N4OS/c1-15-18(16(2)26(25-15)17-8-4-3-5-9-17)14-21(27)23-13-12-22-24-19-10-6-7-11-20(19)28-22/h3-11H,12-14H2,1-2H3,(H,23,27). The molecule has 5 nitrogen and oxygen atoms in total. The fourth-order valence-corrected chi connectivity index (χ4v) is 4.28. The van der Waals surface area contributed by atoms with Gasteiger partial charge in [0.2, 0.25) is 5.91 Å². The largest absolute Gasteiger partial charge is 0.355 e. The van der Waals surface area contributed by atoms with Crippen molar-refractivity contribution in [1.82, 2.24) is 20.1 Å². The van der Waals surface area contributed by atoms with Crippen LogP contribution in [0.2, 0.25) is 0 Å². The lowest BCUT2D eigenvalue weighted by Gasteiger charge is -2.06. The lowest BCUT2D eigenvalue weighted by Crippen LogP contribution is -2.27. The molecular formula is C22H22N4OS. The number of nitrogens with zero attached hydrogens (tertiary/aromatic N) is 3. The molecule has 142 valence electrons. The molecular weight excluding hydrogens is 368 g/mol. The Hall–Kier alpha value is -2.99. The lowest BCUT2D eigenvalue weighted by molar-refractivity contribution is -0.120. The topological polar surface area (TPSA) is 59.8 Å². The van der Waals surface area contributed by atoms with Gasteiger partial charge in [0.25, 0.3) is 0 Å². The van der Waals surface area contributed by atoms with Crippen molar-refractivity contribution in [3.63, 3.8) is 0 Å². The van der Waals surface area contributed by atoms with Crippen molar-refractivity contribution in [1.29, 1.82) is 0 Å². The molecule has 0 aliphatic heterocycles. The molecule has 0 saturated carbocycles. The van der Waals surface area contributed by atoms with E-state index in [9.17, 15) is 4.79 Å². The summed E-state index contributed by atoms with van der Waals surface area (Å²) in [7, 11) is 0. The summed E-state index contributed by atoms with van der Waals surface area (Å²) in [6, 6.07) is 18.1. The fraction of sp³-hybridized carbons (Fsp3) is 0.227. The first-order chi connectivity index (χ1) is 13.6. The molecule has 6 heteroatoms. The molecule has 1 N–H and O–H groups in total. The van der Waals surface area contributed by atoms with E-state index in [1.807, 2.05) is 67.1 Å². The maximum absolute atomic E-state index is 12.5. The van der Waals surface area contributed by atoms with E-state index >= 15 is 0 Å². The molecule has 0 unspecified atom stereocenters. The minimum atomic E-state index is 0.0138. The van der Waals surface area contributed by atoms with Gasteiger partial charge in [0.05, 0.1) is 33.0 Å². The third-order valence-corrected chi connectivity index (χ3v) is 5.87. The average Bonchev–Trinajstić information content (AvgIpc) is 3.24. The quantitative estimate of drug-likeness (QED) is 0.541. The van der Waals surface area contributed by atoms with E-state index < -0.39 is 0 Å². The zero-order valence-corrected chi connectivity index (χ0v) is 16.8. The van der Waals surface area contributed by atoms with Crippen molar-refractivity contribution in [2.24, 2.45) is 0 Å². The number of aromatic nitrogens is 3. The molecule has 0 radical (unpaired) electrons. The number of aryl methyl sites for hydroxylation is 1. The first-order valence-electron chi connectivity index (χ1n) is 9.33. The Morgan fingerprint density at radius 1 is 1.07 bits per heavy atom. The maximum Gasteiger partial charge on any atom is 0.224 e. The van der Waals surface area contributed by atoms with Gasteiger partial charge in [-0.3, -0.25) is 4.79 Å². The number of nitrogens with one attached hydrogen (secondary N) is 1. The highest BCUT2D eigenvalue weighted by atomic mass is 32.1. The van der Waals surface area contributed by atoms with Crippen molar-refractivity contribution < 1.29 is 4.79 Å². The average molecular weight is 391 g/mol. The van der Waals surface area contributed by atoms with Gasteiger partial charge in [-0.1, -0.05) is 30.3 Å². The van der Waals surface area contributed by atoms with Gasteiger partial charge in [-0.25, -0.2) is 9.67 Å². The van der Waals surface area contributed by atoms with Crippen LogP contribution in [-0.4, -0.2) is 27.2 Å². The number of carbonyl (C=O) groups excluding carboxylic acids is 1. The van der Waals surface area contributed by atoms with Crippen molar-refractivity contribution >= 4 is 27.5 Å². The number of rotatable bonds is 6. The number of benzene rings is 2. The van der Waals surface area contributed by atoms with Crippen molar-refractivity contribution in [2.45, 2.75) is 26.7 Å². The van der Waals surface area contributed by atoms with Crippen LogP contribution in [0.5, 0.6) is 0 Å². The SMILES string of the molecule is Cc1nn(-c2ccccc2)c(C)c1CC(=O)NCCc1nc2ccccc2s1. The molecule has 0 aliphatic carbocycles. The normalized spacial score (nSPS) is 11.1. The predicted octanol–water partition coefficient (Wildman–Crippen LogP) is 4.00. The summed E-state index contributed by atoms with van der Waals surface area (Å²) in [4.78, 5) is 17.1. The van der Waals surface area contributed by atoms with E-state index in [0.29, 0.717) is 13.0 Å². The second-order valence-electron chi connectivity index (χ2n) is 6.75. The highest BCUT2D eigenvalue weighted by Crippen LogP contribution is 2.22. The molecule has 0 saturated heterocycles. The lowest BCUT2D eigenvalue weighted by atomic mass is 10.1. The van der Waals surface area contributed by atoms with Gasteiger partial charge in [-0.2, -0.15) is 5.10 Å². The first kappa shape index (κ1) is 18.4. The Morgan fingerprint density at radius 3 is 2.61 bits per heavy atom. The van der Waals surface area contributed by atoms with Crippen molar-refractivity contribution in [3.8, 4) is 5.69 Å². The van der Waals surface area contributed by atoms with Gasteiger partial charge < -0.3 is 5.32 Å². The molecule has 0 spiro atoms. The minimum Gasteiger partial charge on any atom is -0.355 e. The van der Waals surface area contributed by atoms with E-state index in [0.717, 1.165) is 39.6 Å². The Kier molecular flexibility index (Phi) is 5.21. The molecule has 2 aromatic carbocycles. The molecule has 0 atom stereocenters. The van der Waals surface area contributed by atoms with Gasteiger partial charge in [-0.15, -0.1) is 11.3 Å². The van der Waals surface area contributed by atoms with Crippen LogP contribution < -0.4 is 5.32 Å². The monoisotopic (exact) mass is 390 g/mol. The molecule has 2 aromatic heterocycles. The predicted molar refractivity (Wildman–Crippen MR) is 113 cm³/mol. The third-order valence-electron chi connectivity index (χ3n) is 4.78. The van der Waals surface area contributed by atoms with Crippen LogP contribution in [0.3, 0.4) is 0 Å². The smallest absolute Gasteiger partial charge is 0.224 e. The zero-order valence-electron chi connectivity index (χ0n) is 16.0. The Morgan fingerprint density at radius 2 is 1.82 bits per heavy atom. The summed E-state index contributed by atoms with van der Waals surface area (Å²) < 4.78 is 3.09. The number of fused-ring (bicyclic) bond motifs is 1. The Labute approximate surface area is 168 Å². The molecule has 4 aromatic rings. The van der Waals surface area contributed by atoms with E-state index in [-0.39, 0.29) is 5.91 Å². The van der Waals surface area contributed by atoms with E-state index in [4.69, 9.17) is 0 Å². The Balaban J connectivity index is 1.38. The van der Waals surface area contributed by atoms with Crippen LogP contribution in [0, 0.1) is 13.8 Å². The van der Waals surface area contributed by atoms with Gasteiger partial charge in [0.1, 0.15) is 0 Å². The number of hydrogen-bond acceptors (Lipinski definition) is 4. The first-order valence-corrected chi connectivity index (χ1v) is 10.1. The Bertz CT molecular complexity index is 1080. The molecule has 28 heavy (non-hydrogen) atoms. The highest BCUT2D eigenvalue weighted by molar-refractivity contribution is 7.18. The van der Waals surface area contributed by atoms with Crippen molar-refractivity contribution in [3.05, 3.63) is 76.6 Å². The number of thiazole rings is 1. The van der Waals surface area contributed by atoms with E-state index in [1.165, 1.54) is 4.70 Å². The van der Waals surface area contributed by atoms with Crippen LogP contribution >= 0.6 is 11.3 Å². The second-order valence-corrected chi connectivity index (χ2v) is 7.86. The summed E-state index contributed by atoms with van der Waals surface area (Å²) in [6.07, 6.45) is 1.08. The van der Waals surface area contributed by atoms with E-state index in [1.54, 1.807) is 11.3 Å². The minimum absolute atomic E-state index is 0.0138.